The predicted molar refractivity (Wildman–Crippen MR) is 94.7 cm³/mol. The molecule has 1 fully saturated rings. The standard InChI is InChI=1S/C19H36O5/c1-2-3-4-5-6-7-8-9-10-11-12-13-23-14-17(21)19-18(22)16(20)15-24-19/h12-13,16-22H,2-11,14-15H2,1H3/b13-12+/t16-,17+,18+,19+/m0/s1. The highest BCUT2D eigenvalue weighted by Crippen LogP contribution is 2.17. The van der Waals surface area contributed by atoms with Crippen LogP contribution in [0.4, 0.5) is 0 Å². The summed E-state index contributed by atoms with van der Waals surface area (Å²) < 4.78 is 10.4. The second kappa shape index (κ2) is 13.6. The van der Waals surface area contributed by atoms with E-state index in [-0.39, 0.29) is 13.2 Å². The Morgan fingerprint density at radius 1 is 1.04 bits per heavy atom. The van der Waals surface area contributed by atoms with E-state index < -0.39 is 24.4 Å². The first kappa shape index (κ1) is 21.4. The number of allylic oxidation sites excluding steroid dienone is 1. The number of aliphatic hydroxyl groups is 3. The fourth-order valence-electron chi connectivity index (χ4n) is 2.92. The Morgan fingerprint density at radius 3 is 2.25 bits per heavy atom. The molecule has 0 saturated carbocycles. The Hall–Kier alpha value is -0.620. The SMILES string of the molecule is CCCCCCCCCCC/C=C/OC[C@@H](O)[C@H]1OC[C@H](O)[C@H]1O. The Bertz CT molecular complexity index is 321. The van der Waals surface area contributed by atoms with Gasteiger partial charge in [-0.05, 0) is 18.9 Å². The highest BCUT2D eigenvalue weighted by molar-refractivity contribution is 4.88. The molecule has 142 valence electrons. The van der Waals surface area contributed by atoms with E-state index in [9.17, 15) is 15.3 Å². The summed E-state index contributed by atoms with van der Waals surface area (Å²) in [5, 5.41) is 28.8. The second-order valence-electron chi connectivity index (χ2n) is 6.75. The van der Waals surface area contributed by atoms with Crippen molar-refractivity contribution in [3.63, 3.8) is 0 Å². The first-order valence-electron chi connectivity index (χ1n) is 9.59. The molecule has 1 saturated heterocycles. The molecule has 0 radical (unpaired) electrons. The summed E-state index contributed by atoms with van der Waals surface area (Å²) >= 11 is 0. The monoisotopic (exact) mass is 344 g/mol. The molecule has 0 amide bonds. The molecule has 0 unspecified atom stereocenters. The maximum atomic E-state index is 9.86. The van der Waals surface area contributed by atoms with Crippen molar-refractivity contribution in [3.8, 4) is 0 Å². The van der Waals surface area contributed by atoms with Crippen molar-refractivity contribution in [2.75, 3.05) is 13.2 Å². The molecule has 1 heterocycles. The molecule has 1 aliphatic heterocycles. The van der Waals surface area contributed by atoms with Gasteiger partial charge >= 0.3 is 0 Å². The summed E-state index contributed by atoms with van der Waals surface area (Å²) in [4.78, 5) is 0. The molecule has 0 bridgehead atoms. The van der Waals surface area contributed by atoms with Gasteiger partial charge in [-0.25, -0.2) is 0 Å². The third-order valence-electron chi connectivity index (χ3n) is 4.50. The van der Waals surface area contributed by atoms with Crippen LogP contribution in [-0.2, 0) is 9.47 Å². The van der Waals surface area contributed by atoms with Gasteiger partial charge in [0, 0.05) is 0 Å². The van der Waals surface area contributed by atoms with Gasteiger partial charge in [0.05, 0.1) is 12.9 Å². The lowest BCUT2D eigenvalue weighted by molar-refractivity contribution is -0.0703. The lowest BCUT2D eigenvalue weighted by Gasteiger charge is -2.20. The average Bonchev–Trinajstić information content (AvgIpc) is 2.91. The molecular weight excluding hydrogens is 308 g/mol. The zero-order valence-electron chi connectivity index (χ0n) is 15.1. The van der Waals surface area contributed by atoms with Crippen molar-refractivity contribution < 1.29 is 24.8 Å². The van der Waals surface area contributed by atoms with Gasteiger partial charge in [-0.15, -0.1) is 0 Å². The number of ether oxygens (including phenoxy) is 2. The van der Waals surface area contributed by atoms with E-state index in [1.54, 1.807) is 6.26 Å². The summed E-state index contributed by atoms with van der Waals surface area (Å²) in [6.45, 7) is 2.36. The zero-order valence-corrected chi connectivity index (χ0v) is 15.1. The van der Waals surface area contributed by atoms with Crippen molar-refractivity contribution >= 4 is 0 Å². The van der Waals surface area contributed by atoms with Crippen LogP contribution in [0.2, 0.25) is 0 Å². The minimum absolute atomic E-state index is 0.0529. The molecule has 1 rings (SSSR count). The normalized spacial score (nSPS) is 25.4. The molecule has 0 aliphatic carbocycles. The molecule has 0 aromatic rings. The van der Waals surface area contributed by atoms with Crippen LogP contribution in [0.15, 0.2) is 12.3 Å². The number of rotatable bonds is 14. The second-order valence-corrected chi connectivity index (χ2v) is 6.75. The molecule has 0 spiro atoms. The molecule has 5 heteroatoms. The maximum Gasteiger partial charge on any atom is 0.117 e. The molecule has 4 atom stereocenters. The summed E-state index contributed by atoms with van der Waals surface area (Å²) in [6, 6.07) is 0. The minimum Gasteiger partial charge on any atom is -0.499 e. The van der Waals surface area contributed by atoms with E-state index in [1.165, 1.54) is 51.4 Å². The summed E-state index contributed by atoms with van der Waals surface area (Å²) in [7, 11) is 0. The van der Waals surface area contributed by atoms with Crippen LogP contribution < -0.4 is 0 Å². The van der Waals surface area contributed by atoms with E-state index in [2.05, 4.69) is 6.92 Å². The lowest BCUT2D eigenvalue weighted by Crippen LogP contribution is -2.40. The van der Waals surface area contributed by atoms with Gasteiger partial charge < -0.3 is 24.8 Å². The van der Waals surface area contributed by atoms with Gasteiger partial charge in [0.1, 0.15) is 31.0 Å². The van der Waals surface area contributed by atoms with Crippen LogP contribution >= 0.6 is 0 Å². The van der Waals surface area contributed by atoms with Crippen molar-refractivity contribution in [2.45, 2.75) is 95.5 Å². The Kier molecular flexibility index (Phi) is 12.2. The third kappa shape index (κ3) is 9.02. The van der Waals surface area contributed by atoms with Gasteiger partial charge in [0.15, 0.2) is 0 Å². The van der Waals surface area contributed by atoms with Crippen LogP contribution in [0.5, 0.6) is 0 Å². The molecular formula is C19H36O5. The summed E-state index contributed by atoms with van der Waals surface area (Å²) in [5.74, 6) is 0. The van der Waals surface area contributed by atoms with Crippen LogP contribution in [0.1, 0.15) is 71.1 Å². The lowest BCUT2D eigenvalue weighted by atomic mass is 10.1. The fourth-order valence-corrected chi connectivity index (χ4v) is 2.92. The maximum absolute atomic E-state index is 9.86. The number of unbranched alkanes of at least 4 members (excludes halogenated alkanes) is 9. The van der Waals surface area contributed by atoms with Crippen molar-refractivity contribution in [2.24, 2.45) is 0 Å². The average molecular weight is 344 g/mol. The largest absolute Gasteiger partial charge is 0.499 e. The van der Waals surface area contributed by atoms with E-state index in [0.29, 0.717) is 0 Å². The molecule has 3 N–H and O–H groups in total. The third-order valence-corrected chi connectivity index (χ3v) is 4.50. The Morgan fingerprint density at radius 2 is 1.67 bits per heavy atom. The van der Waals surface area contributed by atoms with E-state index in [0.717, 1.165) is 12.8 Å². The van der Waals surface area contributed by atoms with E-state index in [1.807, 2.05) is 6.08 Å². The molecule has 1 aliphatic rings. The Balaban J connectivity index is 1.89. The number of hydrogen-bond donors (Lipinski definition) is 3. The zero-order chi connectivity index (χ0) is 17.6. The highest BCUT2D eigenvalue weighted by atomic mass is 16.5. The quantitative estimate of drug-likeness (QED) is 0.333. The Labute approximate surface area is 146 Å². The van der Waals surface area contributed by atoms with Crippen molar-refractivity contribution in [3.05, 3.63) is 12.3 Å². The van der Waals surface area contributed by atoms with Gasteiger partial charge in [-0.2, -0.15) is 0 Å². The number of hydrogen-bond acceptors (Lipinski definition) is 5. The highest BCUT2D eigenvalue weighted by Gasteiger charge is 2.39. The van der Waals surface area contributed by atoms with E-state index in [4.69, 9.17) is 9.47 Å². The van der Waals surface area contributed by atoms with Gasteiger partial charge in [-0.3, -0.25) is 0 Å². The van der Waals surface area contributed by atoms with Crippen LogP contribution in [0.25, 0.3) is 0 Å². The first-order chi connectivity index (χ1) is 11.7. The smallest absolute Gasteiger partial charge is 0.117 e. The fraction of sp³-hybridized carbons (Fsp3) is 0.895. The first-order valence-corrected chi connectivity index (χ1v) is 9.59. The van der Waals surface area contributed by atoms with Crippen LogP contribution in [0.3, 0.4) is 0 Å². The van der Waals surface area contributed by atoms with Gasteiger partial charge in [0.2, 0.25) is 0 Å². The molecule has 0 aromatic heterocycles. The van der Waals surface area contributed by atoms with Crippen molar-refractivity contribution in [1.82, 2.24) is 0 Å². The van der Waals surface area contributed by atoms with Crippen LogP contribution in [0, 0.1) is 0 Å². The summed E-state index contributed by atoms with van der Waals surface area (Å²) in [6.07, 6.45) is 12.7. The van der Waals surface area contributed by atoms with Gasteiger partial charge in [0.25, 0.3) is 0 Å². The number of aliphatic hydroxyl groups excluding tert-OH is 3. The van der Waals surface area contributed by atoms with Crippen LogP contribution in [-0.4, -0.2) is 52.9 Å². The topological polar surface area (TPSA) is 79.2 Å². The predicted octanol–water partition coefficient (Wildman–Crippen LogP) is 2.92. The summed E-state index contributed by atoms with van der Waals surface area (Å²) in [5.41, 5.74) is 0. The molecule has 5 nitrogen and oxygen atoms in total. The molecule has 24 heavy (non-hydrogen) atoms. The van der Waals surface area contributed by atoms with Gasteiger partial charge in [-0.1, -0.05) is 58.3 Å². The van der Waals surface area contributed by atoms with Crippen molar-refractivity contribution in [1.29, 1.82) is 0 Å². The van der Waals surface area contributed by atoms with E-state index >= 15 is 0 Å². The molecule has 0 aromatic carbocycles. The minimum atomic E-state index is -1.05.